The number of likely N-dealkylation sites (tertiary alicyclic amines) is 1. The van der Waals surface area contributed by atoms with Crippen LogP contribution in [0.4, 0.5) is 0 Å². The van der Waals surface area contributed by atoms with Crippen molar-refractivity contribution in [1.29, 1.82) is 0 Å². The van der Waals surface area contributed by atoms with Gasteiger partial charge in [-0.25, -0.2) is 0 Å². The molecule has 90 valence electrons. The van der Waals surface area contributed by atoms with Gasteiger partial charge >= 0.3 is 5.97 Å². The van der Waals surface area contributed by atoms with Crippen molar-refractivity contribution in [3.05, 3.63) is 0 Å². The Bertz CT molecular complexity index is 320. The molecule has 0 aromatic carbocycles. The fourth-order valence-corrected chi connectivity index (χ4v) is 3.94. The molecule has 0 aromatic rings. The Morgan fingerprint density at radius 2 is 2.12 bits per heavy atom. The zero-order valence-electron chi connectivity index (χ0n) is 9.56. The van der Waals surface area contributed by atoms with E-state index in [4.69, 9.17) is 10.8 Å². The summed E-state index contributed by atoms with van der Waals surface area (Å²) in [6.45, 7) is 1.19. The summed E-state index contributed by atoms with van der Waals surface area (Å²) in [4.78, 5) is 13.6. The van der Waals surface area contributed by atoms with Crippen molar-refractivity contribution in [2.24, 2.45) is 11.7 Å². The molecule has 2 saturated carbocycles. The summed E-state index contributed by atoms with van der Waals surface area (Å²) in [5, 5.41) is 9.12. The average Bonchev–Trinajstić information content (AvgIpc) is 2.91. The summed E-state index contributed by atoms with van der Waals surface area (Å²) in [5.41, 5.74) is 4.98. The molecule has 1 heterocycles. The SMILES string of the molecule is NC1(C(=O)O)CCC(N2CC3CCC2C3)C1. The van der Waals surface area contributed by atoms with E-state index in [1.807, 2.05) is 0 Å². The third-order valence-electron chi connectivity index (χ3n) is 4.87. The van der Waals surface area contributed by atoms with Crippen molar-refractivity contribution >= 4 is 5.97 Å². The standard InChI is InChI=1S/C12H20N2O2/c13-12(11(15)16)4-3-10(6-12)14-7-8-1-2-9(14)5-8/h8-10H,1-7,13H2,(H,15,16). The minimum Gasteiger partial charge on any atom is -0.480 e. The van der Waals surface area contributed by atoms with Crippen LogP contribution in [0.15, 0.2) is 0 Å². The highest BCUT2D eigenvalue weighted by molar-refractivity contribution is 5.79. The predicted molar refractivity (Wildman–Crippen MR) is 60.0 cm³/mol. The fraction of sp³-hybridized carbons (Fsp3) is 0.917. The molecule has 16 heavy (non-hydrogen) atoms. The lowest BCUT2D eigenvalue weighted by Crippen LogP contribution is -2.48. The Morgan fingerprint density at radius 3 is 2.62 bits per heavy atom. The van der Waals surface area contributed by atoms with E-state index in [1.165, 1.54) is 25.8 Å². The van der Waals surface area contributed by atoms with Gasteiger partial charge in [0.05, 0.1) is 0 Å². The minimum absolute atomic E-state index is 0.427. The number of carboxylic acid groups (broad SMARTS) is 1. The molecule has 3 aliphatic rings. The van der Waals surface area contributed by atoms with E-state index in [2.05, 4.69) is 4.90 Å². The molecule has 3 fully saturated rings. The largest absolute Gasteiger partial charge is 0.480 e. The maximum absolute atomic E-state index is 11.1. The first-order valence-corrected chi connectivity index (χ1v) is 6.36. The number of piperidine rings is 1. The Hall–Kier alpha value is -0.610. The quantitative estimate of drug-likeness (QED) is 0.728. The second-order valence-corrected chi connectivity index (χ2v) is 5.89. The lowest BCUT2D eigenvalue weighted by atomic mass is 9.99. The van der Waals surface area contributed by atoms with E-state index >= 15 is 0 Å². The molecule has 1 aliphatic heterocycles. The highest BCUT2D eigenvalue weighted by Crippen LogP contribution is 2.43. The smallest absolute Gasteiger partial charge is 0.323 e. The second kappa shape index (κ2) is 3.44. The van der Waals surface area contributed by atoms with E-state index in [0.29, 0.717) is 18.9 Å². The van der Waals surface area contributed by atoms with Crippen LogP contribution in [-0.2, 0) is 4.79 Å². The van der Waals surface area contributed by atoms with Gasteiger partial charge in [0, 0.05) is 18.6 Å². The Balaban J connectivity index is 1.68. The van der Waals surface area contributed by atoms with E-state index in [1.54, 1.807) is 0 Å². The zero-order chi connectivity index (χ0) is 11.3. The van der Waals surface area contributed by atoms with Gasteiger partial charge in [-0.2, -0.15) is 0 Å². The van der Waals surface area contributed by atoms with E-state index in [0.717, 1.165) is 18.4 Å². The second-order valence-electron chi connectivity index (χ2n) is 5.89. The number of carbonyl (C=O) groups is 1. The molecule has 2 aliphatic carbocycles. The van der Waals surface area contributed by atoms with Crippen LogP contribution in [0.3, 0.4) is 0 Å². The van der Waals surface area contributed by atoms with Crippen LogP contribution in [0, 0.1) is 5.92 Å². The highest BCUT2D eigenvalue weighted by atomic mass is 16.4. The maximum Gasteiger partial charge on any atom is 0.323 e. The lowest BCUT2D eigenvalue weighted by Gasteiger charge is -2.33. The number of carboxylic acids is 1. The number of fused-ring (bicyclic) bond motifs is 2. The number of rotatable bonds is 2. The van der Waals surface area contributed by atoms with Gasteiger partial charge in [-0.15, -0.1) is 0 Å². The van der Waals surface area contributed by atoms with Crippen molar-refractivity contribution in [2.45, 2.75) is 56.1 Å². The molecule has 3 N–H and O–H groups in total. The van der Waals surface area contributed by atoms with Gasteiger partial charge in [0.2, 0.25) is 0 Å². The zero-order valence-corrected chi connectivity index (χ0v) is 9.56. The Labute approximate surface area is 95.8 Å². The summed E-state index contributed by atoms with van der Waals surface area (Å²) < 4.78 is 0. The van der Waals surface area contributed by atoms with Crippen molar-refractivity contribution in [3.8, 4) is 0 Å². The molecule has 4 unspecified atom stereocenters. The summed E-state index contributed by atoms with van der Waals surface area (Å²) in [6.07, 6.45) is 6.27. The molecule has 4 heteroatoms. The summed E-state index contributed by atoms with van der Waals surface area (Å²) in [6, 6.07) is 1.16. The molecule has 0 spiro atoms. The Kier molecular flexibility index (Phi) is 2.27. The van der Waals surface area contributed by atoms with Crippen LogP contribution >= 0.6 is 0 Å². The van der Waals surface area contributed by atoms with E-state index < -0.39 is 11.5 Å². The van der Waals surface area contributed by atoms with Gasteiger partial charge in [-0.05, 0) is 44.4 Å². The van der Waals surface area contributed by atoms with E-state index in [-0.39, 0.29) is 0 Å². The fourth-order valence-electron chi connectivity index (χ4n) is 3.94. The maximum atomic E-state index is 11.1. The molecular formula is C12H20N2O2. The highest BCUT2D eigenvalue weighted by Gasteiger charge is 2.48. The van der Waals surface area contributed by atoms with Crippen LogP contribution in [-0.4, -0.2) is 40.1 Å². The summed E-state index contributed by atoms with van der Waals surface area (Å²) in [5.74, 6) is 0.0574. The predicted octanol–water partition coefficient (Wildman–Crippen LogP) is 0.805. The minimum atomic E-state index is -0.952. The molecule has 0 radical (unpaired) electrons. The Morgan fingerprint density at radius 1 is 1.31 bits per heavy atom. The molecule has 0 amide bonds. The number of hydrogen-bond donors (Lipinski definition) is 2. The normalized spacial score (nSPS) is 47.7. The van der Waals surface area contributed by atoms with Crippen molar-refractivity contribution < 1.29 is 9.90 Å². The van der Waals surface area contributed by atoms with Crippen molar-refractivity contribution in [3.63, 3.8) is 0 Å². The van der Waals surface area contributed by atoms with Crippen LogP contribution in [0.25, 0.3) is 0 Å². The molecule has 2 bridgehead atoms. The summed E-state index contributed by atoms with van der Waals surface area (Å²) >= 11 is 0. The van der Waals surface area contributed by atoms with Gasteiger partial charge in [-0.3, -0.25) is 9.69 Å². The molecular weight excluding hydrogens is 204 g/mol. The van der Waals surface area contributed by atoms with Crippen LogP contribution in [0.2, 0.25) is 0 Å². The number of hydrogen-bond acceptors (Lipinski definition) is 3. The molecule has 4 nitrogen and oxygen atoms in total. The third kappa shape index (κ3) is 1.47. The average molecular weight is 224 g/mol. The molecule has 3 rings (SSSR count). The monoisotopic (exact) mass is 224 g/mol. The first kappa shape index (κ1) is 10.5. The molecule has 1 saturated heterocycles. The first-order chi connectivity index (χ1) is 7.58. The number of nitrogens with two attached hydrogens (primary N) is 1. The number of nitrogens with zero attached hydrogens (tertiary/aromatic N) is 1. The van der Waals surface area contributed by atoms with Gasteiger partial charge in [0.15, 0.2) is 0 Å². The first-order valence-electron chi connectivity index (χ1n) is 6.36. The van der Waals surface area contributed by atoms with Gasteiger partial charge in [-0.1, -0.05) is 0 Å². The third-order valence-corrected chi connectivity index (χ3v) is 4.87. The molecule has 0 aromatic heterocycles. The van der Waals surface area contributed by atoms with Gasteiger partial charge in [0.1, 0.15) is 5.54 Å². The van der Waals surface area contributed by atoms with Crippen molar-refractivity contribution in [1.82, 2.24) is 4.90 Å². The van der Waals surface area contributed by atoms with Gasteiger partial charge < -0.3 is 10.8 Å². The van der Waals surface area contributed by atoms with E-state index in [9.17, 15) is 4.79 Å². The summed E-state index contributed by atoms with van der Waals surface area (Å²) in [7, 11) is 0. The van der Waals surface area contributed by atoms with Crippen LogP contribution in [0.1, 0.15) is 38.5 Å². The topological polar surface area (TPSA) is 66.6 Å². The van der Waals surface area contributed by atoms with Crippen LogP contribution in [0.5, 0.6) is 0 Å². The molecule has 4 atom stereocenters. The van der Waals surface area contributed by atoms with Crippen LogP contribution < -0.4 is 5.73 Å². The van der Waals surface area contributed by atoms with Gasteiger partial charge in [0.25, 0.3) is 0 Å². The van der Waals surface area contributed by atoms with Crippen molar-refractivity contribution in [2.75, 3.05) is 6.54 Å². The lowest BCUT2D eigenvalue weighted by molar-refractivity contribution is -0.143. The number of aliphatic carboxylic acids is 1.